The summed E-state index contributed by atoms with van der Waals surface area (Å²) < 4.78 is 0. The quantitative estimate of drug-likeness (QED) is 0.799. The summed E-state index contributed by atoms with van der Waals surface area (Å²) in [6.07, 6.45) is 1.97. The molecule has 15 heavy (non-hydrogen) atoms. The molecule has 0 saturated heterocycles. The lowest BCUT2D eigenvalue weighted by atomic mass is 10.1. The Balaban J connectivity index is 2.62. The Labute approximate surface area is 92.5 Å². The standard InChI is InChI=1S/C12H21N3/c1-10(2)11-5-6-12(14-9-11)15(4)8-7-13-3/h5-6,9-10,13H,7-8H2,1-4H3. The molecule has 0 aliphatic carbocycles. The molecular formula is C12H21N3. The van der Waals surface area contributed by atoms with Gasteiger partial charge in [-0.25, -0.2) is 4.98 Å². The molecule has 0 fully saturated rings. The normalized spacial score (nSPS) is 10.7. The number of likely N-dealkylation sites (N-methyl/N-ethyl adjacent to an activating group) is 2. The molecule has 0 radical (unpaired) electrons. The summed E-state index contributed by atoms with van der Waals surface area (Å²) in [5.41, 5.74) is 1.29. The highest BCUT2D eigenvalue weighted by molar-refractivity contribution is 5.38. The van der Waals surface area contributed by atoms with Gasteiger partial charge in [0.15, 0.2) is 0 Å². The molecule has 0 aliphatic heterocycles. The zero-order valence-electron chi connectivity index (χ0n) is 10.1. The van der Waals surface area contributed by atoms with Crippen LogP contribution in [-0.4, -0.2) is 32.2 Å². The number of aromatic nitrogens is 1. The van der Waals surface area contributed by atoms with Crippen molar-refractivity contribution >= 4 is 5.82 Å². The highest BCUT2D eigenvalue weighted by atomic mass is 15.2. The predicted octanol–water partition coefficient (Wildman–Crippen LogP) is 1.86. The number of nitrogens with one attached hydrogen (secondary N) is 1. The third-order valence-corrected chi connectivity index (χ3v) is 2.53. The van der Waals surface area contributed by atoms with Gasteiger partial charge >= 0.3 is 0 Å². The largest absolute Gasteiger partial charge is 0.358 e. The van der Waals surface area contributed by atoms with E-state index in [1.54, 1.807) is 0 Å². The zero-order valence-corrected chi connectivity index (χ0v) is 10.1. The fourth-order valence-corrected chi connectivity index (χ4v) is 1.36. The van der Waals surface area contributed by atoms with Crippen LogP contribution in [0, 0.1) is 0 Å². The van der Waals surface area contributed by atoms with Gasteiger partial charge in [-0.15, -0.1) is 0 Å². The summed E-state index contributed by atoms with van der Waals surface area (Å²) in [5, 5.41) is 3.13. The maximum atomic E-state index is 4.45. The van der Waals surface area contributed by atoms with Crippen molar-refractivity contribution < 1.29 is 0 Å². The Morgan fingerprint density at radius 1 is 1.40 bits per heavy atom. The predicted molar refractivity (Wildman–Crippen MR) is 65.5 cm³/mol. The van der Waals surface area contributed by atoms with Gasteiger partial charge in [0, 0.05) is 26.3 Å². The molecule has 1 aromatic rings. The van der Waals surface area contributed by atoms with Crippen molar-refractivity contribution in [2.45, 2.75) is 19.8 Å². The second kappa shape index (κ2) is 5.71. The van der Waals surface area contributed by atoms with Crippen LogP contribution in [0.4, 0.5) is 5.82 Å². The highest BCUT2D eigenvalue weighted by Gasteiger charge is 2.03. The first-order chi connectivity index (χ1) is 7.15. The van der Waals surface area contributed by atoms with Crippen LogP contribution in [0.3, 0.4) is 0 Å². The van der Waals surface area contributed by atoms with E-state index in [9.17, 15) is 0 Å². The van der Waals surface area contributed by atoms with Gasteiger partial charge in [0.25, 0.3) is 0 Å². The second-order valence-corrected chi connectivity index (χ2v) is 4.13. The van der Waals surface area contributed by atoms with Gasteiger partial charge in [0.05, 0.1) is 0 Å². The van der Waals surface area contributed by atoms with Gasteiger partial charge in [-0.2, -0.15) is 0 Å². The average molecular weight is 207 g/mol. The molecule has 0 amide bonds. The molecule has 1 N–H and O–H groups in total. The summed E-state index contributed by atoms with van der Waals surface area (Å²) in [6, 6.07) is 4.24. The van der Waals surface area contributed by atoms with Crippen LogP contribution in [0.5, 0.6) is 0 Å². The minimum Gasteiger partial charge on any atom is -0.358 e. The Bertz CT molecular complexity index is 279. The summed E-state index contributed by atoms with van der Waals surface area (Å²) in [7, 11) is 4.03. The molecule has 0 aliphatic rings. The van der Waals surface area contributed by atoms with E-state index in [4.69, 9.17) is 0 Å². The Morgan fingerprint density at radius 3 is 2.60 bits per heavy atom. The molecule has 0 unspecified atom stereocenters. The fourth-order valence-electron chi connectivity index (χ4n) is 1.36. The van der Waals surface area contributed by atoms with Gasteiger partial charge < -0.3 is 10.2 Å². The number of rotatable bonds is 5. The van der Waals surface area contributed by atoms with Crippen LogP contribution in [0.1, 0.15) is 25.3 Å². The van der Waals surface area contributed by atoms with Crippen molar-refractivity contribution in [3.8, 4) is 0 Å². The van der Waals surface area contributed by atoms with Crippen LogP contribution in [-0.2, 0) is 0 Å². The van der Waals surface area contributed by atoms with E-state index >= 15 is 0 Å². The van der Waals surface area contributed by atoms with Crippen molar-refractivity contribution in [3.63, 3.8) is 0 Å². The van der Waals surface area contributed by atoms with Crippen LogP contribution < -0.4 is 10.2 Å². The lowest BCUT2D eigenvalue weighted by molar-refractivity contribution is 0.760. The van der Waals surface area contributed by atoms with E-state index < -0.39 is 0 Å². The Morgan fingerprint density at radius 2 is 2.13 bits per heavy atom. The van der Waals surface area contributed by atoms with E-state index in [-0.39, 0.29) is 0 Å². The molecule has 1 heterocycles. The van der Waals surface area contributed by atoms with Gasteiger partial charge in [-0.1, -0.05) is 19.9 Å². The maximum absolute atomic E-state index is 4.45. The molecule has 0 saturated carbocycles. The fraction of sp³-hybridized carbons (Fsp3) is 0.583. The average Bonchev–Trinajstić information content (AvgIpc) is 2.26. The summed E-state index contributed by atoms with van der Waals surface area (Å²) in [6.45, 7) is 6.32. The minimum atomic E-state index is 0.550. The molecule has 0 spiro atoms. The topological polar surface area (TPSA) is 28.2 Å². The van der Waals surface area contributed by atoms with Crippen molar-refractivity contribution in [1.29, 1.82) is 0 Å². The third-order valence-electron chi connectivity index (χ3n) is 2.53. The lowest BCUT2D eigenvalue weighted by Crippen LogP contribution is -2.27. The van der Waals surface area contributed by atoms with Gasteiger partial charge in [-0.05, 0) is 24.6 Å². The first-order valence-corrected chi connectivity index (χ1v) is 5.47. The van der Waals surface area contributed by atoms with Crippen LogP contribution in [0.25, 0.3) is 0 Å². The molecule has 3 nitrogen and oxygen atoms in total. The smallest absolute Gasteiger partial charge is 0.128 e. The van der Waals surface area contributed by atoms with E-state index in [0.29, 0.717) is 5.92 Å². The molecule has 0 aromatic carbocycles. The first kappa shape index (κ1) is 12.0. The third kappa shape index (κ3) is 3.51. The summed E-state index contributed by atoms with van der Waals surface area (Å²) in [5.74, 6) is 1.59. The van der Waals surface area contributed by atoms with Gasteiger partial charge in [-0.3, -0.25) is 0 Å². The molecule has 0 atom stereocenters. The number of anilines is 1. The maximum Gasteiger partial charge on any atom is 0.128 e. The molecule has 0 bridgehead atoms. The van der Waals surface area contributed by atoms with Crippen molar-refractivity contribution in [2.75, 3.05) is 32.1 Å². The number of nitrogens with zero attached hydrogens (tertiary/aromatic N) is 2. The molecule has 3 heteroatoms. The highest BCUT2D eigenvalue weighted by Crippen LogP contribution is 2.15. The van der Waals surface area contributed by atoms with Crippen LogP contribution in [0.2, 0.25) is 0 Å². The number of hydrogen-bond donors (Lipinski definition) is 1. The van der Waals surface area contributed by atoms with E-state index in [1.165, 1.54) is 5.56 Å². The summed E-state index contributed by atoms with van der Waals surface area (Å²) >= 11 is 0. The van der Waals surface area contributed by atoms with E-state index in [2.05, 4.69) is 48.2 Å². The van der Waals surface area contributed by atoms with Crippen molar-refractivity contribution in [1.82, 2.24) is 10.3 Å². The first-order valence-electron chi connectivity index (χ1n) is 5.47. The second-order valence-electron chi connectivity index (χ2n) is 4.13. The van der Waals surface area contributed by atoms with Crippen LogP contribution >= 0.6 is 0 Å². The number of hydrogen-bond acceptors (Lipinski definition) is 3. The lowest BCUT2D eigenvalue weighted by Gasteiger charge is -2.18. The monoisotopic (exact) mass is 207 g/mol. The Hall–Kier alpha value is -1.09. The van der Waals surface area contributed by atoms with E-state index in [1.807, 2.05) is 13.2 Å². The van der Waals surface area contributed by atoms with Gasteiger partial charge in [0.1, 0.15) is 5.82 Å². The Kier molecular flexibility index (Phi) is 4.56. The number of pyridine rings is 1. The summed E-state index contributed by atoms with van der Waals surface area (Å²) in [4.78, 5) is 6.60. The zero-order chi connectivity index (χ0) is 11.3. The molecule has 1 rings (SSSR count). The minimum absolute atomic E-state index is 0.550. The van der Waals surface area contributed by atoms with Crippen LogP contribution in [0.15, 0.2) is 18.3 Å². The van der Waals surface area contributed by atoms with Crippen molar-refractivity contribution in [3.05, 3.63) is 23.9 Å². The van der Waals surface area contributed by atoms with Crippen molar-refractivity contribution in [2.24, 2.45) is 0 Å². The molecule has 84 valence electrons. The SMILES string of the molecule is CNCCN(C)c1ccc(C(C)C)cn1. The van der Waals surface area contributed by atoms with Gasteiger partial charge in [0.2, 0.25) is 0 Å². The molecule has 1 aromatic heterocycles. The van der Waals surface area contributed by atoms with E-state index in [0.717, 1.165) is 18.9 Å². The molecular weight excluding hydrogens is 186 g/mol.